The molecular formula is C10H12BrN5O3. The molecule has 4 N–H and O–H groups in total. The Morgan fingerprint density at radius 1 is 1.53 bits per heavy atom. The lowest BCUT2D eigenvalue weighted by molar-refractivity contribution is -0.0439. The van der Waals surface area contributed by atoms with Crippen LogP contribution in [-0.2, 0) is 4.74 Å². The van der Waals surface area contributed by atoms with Crippen LogP contribution in [0.2, 0.25) is 0 Å². The Labute approximate surface area is 116 Å². The number of hydrogen-bond acceptors (Lipinski definition) is 7. The zero-order valence-corrected chi connectivity index (χ0v) is 11.4. The number of aromatic nitrogens is 4. The third-order valence-electron chi connectivity index (χ3n) is 3.13. The summed E-state index contributed by atoms with van der Waals surface area (Å²) in [5, 5.41) is 18.9. The van der Waals surface area contributed by atoms with E-state index in [0.717, 1.165) is 0 Å². The molecule has 9 heteroatoms. The molecule has 8 nitrogen and oxygen atoms in total. The first kappa shape index (κ1) is 12.7. The van der Waals surface area contributed by atoms with E-state index in [-0.39, 0.29) is 12.4 Å². The van der Waals surface area contributed by atoms with Gasteiger partial charge in [0.1, 0.15) is 18.7 Å². The molecule has 0 saturated carbocycles. The Bertz CT molecular complexity index is 618. The van der Waals surface area contributed by atoms with E-state index in [2.05, 4.69) is 30.9 Å². The highest BCUT2D eigenvalue weighted by Gasteiger charge is 2.36. The van der Waals surface area contributed by atoms with Crippen LogP contribution in [0.4, 0.5) is 5.82 Å². The second-order valence-electron chi connectivity index (χ2n) is 4.30. The lowest BCUT2D eigenvalue weighted by Gasteiger charge is -2.14. The summed E-state index contributed by atoms with van der Waals surface area (Å²) in [7, 11) is 0. The average Bonchev–Trinajstić information content (AvgIpc) is 2.90. The van der Waals surface area contributed by atoms with Gasteiger partial charge in [-0.2, -0.15) is 0 Å². The molecule has 0 amide bonds. The van der Waals surface area contributed by atoms with Crippen LogP contribution in [0.25, 0.3) is 11.2 Å². The highest BCUT2D eigenvalue weighted by molar-refractivity contribution is 9.10. The van der Waals surface area contributed by atoms with Crippen molar-refractivity contribution >= 4 is 32.9 Å². The Morgan fingerprint density at radius 3 is 3.00 bits per heavy atom. The Kier molecular flexibility index (Phi) is 3.13. The van der Waals surface area contributed by atoms with E-state index in [9.17, 15) is 5.11 Å². The van der Waals surface area contributed by atoms with E-state index in [1.807, 2.05) is 0 Å². The van der Waals surface area contributed by atoms with Gasteiger partial charge in [-0.1, -0.05) is 0 Å². The normalized spacial score (nSPS) is 27.2. The molecule has 0 bridgehead atoms. The van der Waals surface area contributed by atoms with Crippen molar-refractivity contribution in [3.8, 4) is 0 Å². The van der Waals surface area contributed by atoms with Crippen molar-refractivity contribution < 1.29 is 14.9 Å². The fourth-order valence-electron chi connectivity index (χ4n) is 2.19. The molecule has 3 heterocycles. The maximum atomic E-state index is 9.78. The third kappa shape index (κ3) is 1.98. The number of hydrogen-bond donors (Lipinski definition) is 3. The molecule has 0 aliphatic carbocycles. The Balaban J connectivity index is 2.06. The lowest BCUT2D eigenvalue weighted by atomic mass is 10.2. The number of imidazole rings is 1. The summed E-state index contributed by atoms with van der Waals surface area (Å²) in [4.78, 5) is 12.3. The van der Waals surface area contributed by atoms with Crippen LogP contribution in [-0.4, -0.2) is 48.5 Å². The molecular weight excluding hydrogens is 318 g/mol. The molecule has 19 heavy (non-hydrogen) atoms. The van der Waals surface area contributed by atoms with Crippen molar-refractivity contribution in [2.24, 2.45) is 0 Å². The summed E-state index contributed by atoms with van der Waals surface area (Å²) in [6.45, 7) is -0.237. The first-order valence-corrected chi connectivity index (χ1v) is 6.49. The second-order valence-corrected chi connectivity index (χ2v) is 5.01. The summed E-state index contributed by atoms with van der Waals surface area (Å²) < 4.78 is 7.77. The van der Waals surface area contributed by atoms with Crippen LogP contribution >= 0.6 is 15.9 Å². The standard InChI is InChI=1S/C10H12BrN5O3/c11-10-15-7-8(12)13-3-14-9(7)16(10)6-1-4(18)5(2-17)19-6/h3-6,17-18H,1-2H2,(H2,12,13,14)/t4-,5?,6-/m1/s1. The van der Waals surface area contributed by atoms with E-state index in [1.54, 1.807) is 4.57 Å². The minimum atomic E-state index is -0.724. The predicted molar refractivity (Wildman–Crippen MR) is 69.1 cm³/mol. The number of nitrogens with zero attached hydrogens (tertiary/aromatic N) is 4. The number of nitrogens with two attached hydrogens (primary N) is 1. The number of fused-ring (bicyclic) bond motifs is 1. The largest absolute Gasteiger partial charge is 0.394 e. The first-order valence-electron chi connectivity index (χ1n) is 5.70. The van der Waals surface area contributed by atoms with E-state index in [1.165, 1.54) is 6.33 Å². The molecule has 0 aromatic carbocycles. The van der Waals surface area contributed by atoms with Gasteiger partial charge in [-0.3, -0.25) is 4.57 Å². The summed E-state index contributed by atoms with van der Waals surface area (Å²) >= 11 is 3.32. The average molecular weight is 330 g/mol. The van der Waals surface area contributed by atoms with Gasteiger partial charge in [-0.25, -0.2) is 15.0 Å². The quantitative estimate of drug-likeness (QED) is 0.653. The topological polar surface area (TPSA) is 119 Å². The molecule has 0 radical (unpaired) electrons. The van der Waals surface area contributed by atoms with Crippen LogP contribution < -0.4 is 5.73 Å². The van der Waals surface area contributed by atoms with E-state index < -0.39 is 18.4 Å². The zero-order chi connectivity index (χ0) is 13.6. The van der Waals surface area contributed by atoms with E-state index in [0.29, 0.717) is 22.3 Å². The van der Waals surface area contributed by atoms with Crippen molar-refractivity contribution in [1.82, 2.24) is 19.5 Å². The maximum absolute atomic E-state index is 9.78. The van der Waals surface area contributed by atoms with E-state index in [4.69, 9.17) is 15.6 Å². The van der Waals surface area contributed by atoms with Crippen LogP contribution in [0.15, 0.2) is 11.1 Å². The summed E-state index contributed by atoms with van der Waals surface area (Å²) in [6.07, 6.45) is -0.0935. The first-order chi connectivity index (χ1) is 9.11. The smallest absolute Gasteiger partial charge is 0.181 e. The highest BCUT2D eigenvalue weighted by atomic mass is 79.9. The SMILES string of the molecule is Nc1ncnc2c1nc(Br)n2[C@H]1C[C@@H](O)C(CO)O1. The van der Waals surface area contributed by atoms with Crippen LogP contribution in [0.1, 0.15) is 12.6 Å². The zero-order valence-electron chi connectivity index (χ0n) is 9.77. The molecule has 102 valence electrons. The molecule has 3 atom stereocenters. The predicted octanol–water partition coefficient (Wildman–Crippen LogP) is -0.188. The third-order valence-corrected chi connectivity index (χ3v) is 3.69. The molecule has 1 fully saturated rings. The summed E-state index contributed by atoms with van der Waals surface area (Å²) in [6, 6.07) is 0. The van der Waals surface area contributed by atoms with Gasteiger partial charge in [0.05, 0.1) is 12.7 Å². The number of ether oxygens (including phenoxy) is 1. The summed E-state index contributed by atoms with van der Waals surface area (Å²) in [5.41, 5.74) is 6.74. The van der Waals surface area contributed by atoms with Gasteiger partial charge < -0.3 is 20.7 Å². The van der Waals surface area contributed by atoms with Gasteiger partial charge >= 0.3 is 0 Å². The van der Waals surface area contributed by atoms with Crippen LogP contribution in [0, 0.1) is 0 Å². The van der Waals surface area contributed by atoms with Gasteiger partial charge in [-0.05, 0) is 15.9 Å². The van der Waals surface area contributed by atoms with Crippen molar-refractivity contribution in [3.05, 3.63) is 11.1 Å². The monoisotopic (exact) mass is 329 g/mol. The van der Waals surface area contributed by atoms with Crippen molar-refractivity contribution in [2.45, 2.75) is 24.9 Å². The maximum Gasteiger partial charge on any atom is 0.181 e. The van der Waals surface area contributed by atoms with Gasteiger partial charge in [0.15, 0.2) is 21.7 Å². The second kappa shape index (κ2) is 4.67. The number of aliphatic hydroxyl groups is 2. The van der Waals surface area contributed by atoms with Gasteiger partial charge in [0.2, 0.25) is 0 Å². The number of nitrogen functional groups attached to an aromatic ring is 1. The van der Waals surface area contributed by atoms with Crippen molar-refractivity contribution in [3.63, 3.8) is 0 Å². The molecule has 1 aliphatic rings. The minimum absolute atomic E-state index is 0.237. The van der Waals surface area contributed by atoms with Gasteiger partial charge in [0, 0.05) is 6.42 Å². The molecule has 2 aromatic rings. The minimum Gasteiger partial charge on any atom is -0.394 e. The fraction of sp³-hybridized carbons (Fsp3) is 0.500. The summed E-state index contributed by atoms with van der Waals surface area (Å²) in [5.74, 6) is 0.279. The molecule has 1 saturated heterocycles. The Hall–Kier alpha value is -1.29. The van der Waals surface area contributed by atoms with Crippen molar-refractivity contribution in [1.29, 1.82) is 0 Å². The van der Waals surface area contributed by atoms with Crippen LogP contribution in [0.5, 0.6) is 0 Å². The van der Waals surface area contributed by atoms with E-state index >= 15 is 0 Å². The molecule has 2 aromatic heterocycles. The fourth-order valence-corrected chi connectivity index (χ4v) is 2.77. The molecule has 0 spiro atoms. The number of rotatable bonds is 2. The number of halogens is 1. The van der Waals surface area contributed by atoms with Crippen molar-refractivity contribution in [2.75, 3.05) is 12.3 Å². The molecule has 1 aliphatic heterocycles. The van der Waals surface area contributed by atoms with Gasteiger partial charge in [-0.15, -0.1) is 0 Å². The lowest BCUT2D eigenvalue weighted by Crippen LogP contribution is -2.24. The molecule has 1 unspecified atom stereocenters. The number of aliphatic hydroxyl groups excluding tert-OH is 2. The number of anilines is 1. The van der Waals surface area contributed by atoms with Gasteiger partial charge in [0.25, 0.3) is 0 Å². The Morgan fingerprint density at radius 2 is 2.32 bits per heavy atom. The molecule has 3 rings (SSSR count). The van der Waals surface area contributed by atoms with Crippen LogP contribution in [0.3, 0.4) is 0 Å². The highest BCUT2D eigenvalue weighted by Crippen LogP contribution is 2.34.